The van der Waals surface area contributed by atoms with Gasteiger partial charge in [-0.05, 0) is 17.0 Å². The van der Waals surface area contributed by atoms with Crippen molar-refractivity contribution in [1.82, 2.24) is 25.1 Å². The Hall–Kier alpha value is -3.77. The second kappa shape index (κ2) is 7.23. The van der Waals surface area contributed by atoms with Crippen LogP contribution in [0.3, 0.4) is 0 Å². The van der Waals surface area contributed by atoms with Gasteiger partial charge in [0.15, 0.2) is 5.82 Å². The van der Waals surface area contributed by atoms with Crippen LogP contribution in [-0.2, 0) is 6.54 Å². The van der Waals surface area contributed by atoms with Crippen LogP contribution in [0, 0.1) is 11.3 Å². The van der Waals surface area contributed by atoms with E-state index < -0.39 is 5.56 Å². The third kappa shape index (κ3) is 3.47. The number of aromatic nitrogens is 5. The molecule has 0 saturated carbocycles. The van der Waals surface area contributed by atoms with E-state index in [0.717, 1.165) is 16.0 Å². The van der Waals surface area contributed by atoms with E-state index in [4.69, 9.17) is 0 Å². The topological polar surface area (TPSA) is 123 Å². The highest BCUT2D eigenvalue weighted by atomic mass is 32.1. The molecule has 0 bridgehead atoms. The van der Waals surface area contributed by atoms with Crippen molar-refractivity contribution in [1.29, 1.82) is 5.26 Å². The van der Waals surface area contributed by atoms with Crippen molar-refractivity contribution < 1.29 is 0 Å². The Morgan fingerprint density at radius 2 is 2.07 bits per heavy atom. The number of H-pyrrole nitrogens is 2. The maximum Gasteiger partial charge on any atom is 0.270 e. The van der Waals surface area contributed by atoms with E-state index in [1.165, 1.54) is 17.7 Å². The van der Waals surface area contributed by atoms with E-state index in [1.54, 1.807) is 0 Å². The molecule has 0 aliphatic heterocycles. The van der Waals surface area contributed by atoms with Crippen molar-refractivity contribution in [3.05, 3.63) is 69.6 Å². The summed E-state index contributed by atoms with van der Waals surface area (Å²) in [4.78, 5) is 24.1. The second-order valence-corrected chi connectivity index (χ2v) is 6.56. The molecule has 0 aliphatic carbocycles. The molecule has 0 saturated heterocycles. The second-order valence-electron chi connectivity index (χ2n) is 5.61. The van der Waals surface area contributed by atoms with E-state index in [9.17, 15) is 10.1 Å². The maximum atomic E-state index is 12.2. The van der Waals surface area contributed by atoms with Gasteiger partial charge in [0.25, 0.3) is 5.56 Å². The predicted octanol–water partition coefficient (Wildman–Crippen LogP) is 2.77. The van der Waals surface area contributed by atoms with Gasteiger partial charge in [-0.3, -0.25) is 14.9 Å². The van der Waals surface area contributed by atoms with Crippen LogP contribution in [0.4, 0.5) is 5.95 Å². The Morgan fingerprint density at radius 3 is 2.74 bits per heavy atom. The first kappa shape index (κ1) is 16.7. The van der Waals surface area contributed by atoms with Crippen LogP contribution in [0.15, 0.2) is 52.9 Å². The molecule has 4 aromatic rings. The number of nitrogens with zero attached hydrogens (tertiary/aromatic N) is 4. The molecule has 9 heteroatoms. The summed E-state index contributed by atoms with van der Waals surface area (Å²) in [7, 11) is 0. The van der Waals surface area contributed by atoms with Gasteiger partial charge in [0.2, 0.25) is 5.95 Å². The smallest absolute Gasteiger partial charge is 0.270 e. The molecule has 3 N–H and O–H groups in total. The molecule has 0 aliphatic rings. The van der Waals surface area contributed by atoms with Crippen molar-refractivity contribution in [2.75, 3.05) is 5.32 Å². The molecule has 27 heavy (non-hydrogen) atoms. The summed E-state index contributed by atoms with van der Waals surface area (Å²) in [6.45, 7) is 0.468. The number of hydrogen-bond donors (Lipinski definition) is 3. The fourth-order valence-electron chi connectivity index (χ4n) is 2.56. The van der Waals surface area contributed by atoms with Crippen LogP contribution < -0.4 is 10.9 Å². The van der Waals surface area contributed by atoms with E-state index in [-0.39, 0.29) is 5.56 Å². The number of aromatic amines is 2. The van der Waals surface area contributed by atoms with Crippen LogP contribution in [0.5, 0.6) is 0 Å². The molecule has 0 fully saturated rings. The average Bonchev–Trinajstić information content (AvgIpc) is 3.40. The summed E-state index contributed by atoms with van der Waals surface area (Å²) < 4.78 is 0. The standard InChI is InChI=1S/C18H13N7OS/c19-8-13-15(14-2-1-7-27-14)23-18(24-17(13)26)20-9-11-3-5-12(6-4-11)16-21-10-22-25-16/h1-7,10H,9H2,(H,21,22,25)(H2,20,23,24,26). The van der Waals surface area contributed by atoms with Crippen molar-refractivity contribution in [2.24, 2.45) is 0 Å². The molecule has 0 unspecified atom stereocenters. The lowest BCUT2D eigenvalue weighted by Gasteiger charge is -2.08. The van der Waals surface area contributed by atoms with Crippen molar-refractivity contribution in [3.63, 3.8) is 0 Å². The Kier molecular flexibility index (Phi) is 4.47. The minimum atomic E-state index is -0.459. The van der Waals surface area contributed by atoms with Gasteiger partial charge >= 0.3 is 0 Å². The van der Waals surface area contributed by atoms with Gasteiger partial charge in [0.05, 0.1) is 4.88 Å². The van der Waals surface area contributed by atoms with Crippen molar-refractivity contribution >= 4 is 17.3 Å². The number of nitriles is 1. The normalized spacial score (nSPS) is 10.5. The van der Waals surface area contributed by atoms with Gasteiger partial charge in [-0.25, -0.2) is 9.97 Å². The number of nitrogens with one attached hydrogen (secondary N) is 3. The Bertz CT molecular complexity index is 1140. The molecule has 1 aromatic carbocycles. The number of rotatable bonds is 5. The van der Waals surface area contributed by atoms with Crippen LogP contribution in [0.1, 0.15) is 11.1 Å². The largest absolute Gasteiger partial charge is 0.352 e. The Labute approximate surface area is 157 Å². The molecule has 0 radical (unpaired) electrons. The van der Waals surface area contributed by atoms with Crippen LogP contribution in [0.2, 0.25) is 0 Å². The summed E-state index contributed by atoms with van der Waals surface area (Å²) in [5.41, 5.74) is 1.88. The molecule has 0 amide bonds. The molecular formula is C18H13N7OS. The molecule has 132 valence electrons. The molecular weight excluding hydrogens is 362 g/mol. The van der Waals surface area contributed by atoms with Gasteiger partial charge < -0.3 is 5.32 Å². The highest BCUT2D eigenvalue weighted by Gasteiger charge is 2.14. The molecule has 0 atom stereocenters. The minimum Gasteiger partial charge on any atom is -0.352 e. The van der Waals surface area contributed by atoms with Gasteiger partial charge in [-0.15, -0.1) is 11.3 Å². The minimum absolute atomic E-state index is 0.0133. The fraction of sp³-hybridized carbons (Fsp3) is 0.0556. The van der Waals surface area contributed by atoms with Gasteiger partial charge in [-0.2, -0.15) is 10.4 Å². The monoisotopic (exact) mass is 375 g/mol. The molecule has 3 aromatic heterocycles. The Morgan fingerprint density at radius 1 is 1.22 bits per heavy atom. The number of benzene rings is 1. The zero-order chi connectivity index (χ0) is 18.6. The summed E-state index contributed by atoms with van der Waals surface area (Å²) >= 11 is 1.43. The fourth-order valence-corrected chi connectivity index (χ4v) is 3.28. The first-order valence-corrected chi connectivity index (χ1v) is 8.89. The molecule has 3 heterocycles. The van der Waals surface area contributed by atoms with Crippen LogP contribution >= 0.6 is 11.3 Å². The molecule has 0 spiro atoms. The first-order valence-electron chi connectivity index (χ1n) is 8.01. The van der Waals surface area contributed by atoms with E-state index in [1.807, 2.05) is 47.8 Å². The van der Waals surface area contributed by atoms with E-state index >= 15 is 0 Å². The van der Waals surface area contributed by atoms with Gasteiger partial charge in [0, 0.05) is 12.1 Å². The van der Waals surface area contributed by atoms with Crippen LogP contribution in [0.25, 0.3) is 22.0 Å². The number of thiophene rings is 1. The molecule has 8 nitrogen and oxygen atoms in total. The van der Waals surface area contributed by atoms with E-state index in [0.29, 0.717) is 24.0 Å². The number of hydrogen-bond acceptors (Lipinski definition) is 7. The quantitative estimate of drug-likeness (QED) is 0.493. The zero-order valence-electron chi connectivity index (χ0n) is 13.9. The predicted molar refractivity (Wildman–Crippen MR) is 102 cm³/mol. The summed E-state index contributed by atoms with van der Waals surface area (Å²) in [6.07, 6.45) is 1.46. The highest BCUT2D eigenvalue weighted by molar-refractivity contribution is 7.13. The van der Waals surface area contributed by atoms with Gasteiger partial charge in [-0.1, -0.05) is 30.3 Å². The average molecular weight is 375 g/mol. The third-order valence-corrected chi connectivity index (χ3v) is 4.76. The van der Waals surface area contributed by atoms with E-state index in [2.05, 4.69) is 30.5 Å². The van der Waals surface area contributed by atoms with Crippen molar-refractivity contribution in [2.45, 2.75) is 6.54 Å². The van der Waals surface area contributed by atoms with Gasteiger partial charge in [0.1, 0.15) is 23.7 Å². The lowest BCUT2D eigenvalue weighted by atomic mass is 10.1. The van der Waals surface area contributed by atoms with Crippen molar-refractivity contribution in [3.8, 4) is 28.0 Å². The van der Waals surface area contributed by atoms with Crippen LogP contribution in [-0.4, -0.2) is 25.1 Å². The third-order valence-electron chi connectivity index (χ3n) is 3.89. The summed E-state index contributed by atoms with van der Waals surface area (Å²) in [6, 6.07) is 13.4. The molecule has 4 rings (SSSR count). The zero-order valence-corrected chi connectivity index (χ0v) is 14.7. The first-order chi connectivity index (χ1) is 13.2. The highest BCUT2D eigenvalue weighted by Crippen LogP contribution is 2.25. The summed E-state index contributed by atoms with van der Waals surface area (Å²) in [5, 5.41) is 20.9. The maximum absolute atomic E-state index is 12.2. The Balaban J connectivity index is 1.55. The summed E-state index contributed by atoms with van der Waals surface area (Å²) in [5.74, 6) is 1.02. The lowest BCUT2D eigenvalue weighted by Crippen LogP contribution is -2.17. The lowest BCUT2D eigenvalue weighted by molar-refractivity contribution is 1.03. The SMILES string of the molecule is N#Cc1c(-c2cccs2)nc(NCc2ccc(-c3ncn[nH]3)cc2)[nH]c1=O. The number of anilines is 1.